The SMILES string of the molecule is C=C(C)CNC(=S)N[C@@H](c1ccccc1)c1cccs1. The standard InChI is InChI=1S/C16H18N2S2/c1-12(2)11-17-16(19)18-15(14-9-6-10-20-14)13-7-4-3-5-8-13/h3-10,15H,1,11H2,2H3,(H2,17,18,19)/t15-/m0/s1. The topological polar surface area (TPSA) is 24.1 Å². The normalized spacial score (nSPS) is 11.7. The molecule has 2 rings (SSSR count). The molecule has 2 nitrogen and oxygen atoms in total. The number of thiocarbonyl (C=S) groups is 1. The minimum Gasteiger partial charge on any atom is -0.359 e. The van der Waals surface area contributed by atoms with Crippen molar-refractivity contribution in [1.82, 2.24) is 10.6 Å². The Morgan fingerprint density at radius 1 is 1.25 bits per heavy atom. The molecule has 0 saturated carbocycles. The Balaban J connectivity index is 2.12. The van der Waals surface area contributed by atoms with E-state index in [4.69, 9.17) is 12.2 Å². The van der Waals surface area contributed by atoms with Crippen LogP contribution in [0.2, 0.25) is 0 Å². The molecule has 2 aromatic rings. The summed E-state index contributed by atoms with van der Waals surface area (Å²) in [6.07, 6.45) is 0. The van der Waals surface area contributed by atoms with Gasteiger partial charge in [-0.3, -0.25) is 0 Å². The van der Waals surface area contributed by atoms with Gasteiger partial charge in [-0.2, -0.15) is 0 Å². The molecule has 0 radical (unpaired) electrons. The molecule has 0 amide bonds. The summed E-state index contributed by atoms with van der Waals surface area (Å²) in [5.41, 5.74) is 2.26. The third-order valence-corrected chi connectivity index (χ3v) is 3.99. The van der Waals surface area contributed by atoms with Gasteiger partial charge in [-0.05, 0) is 36.2 Å². The molecule has 0 spiro atoms. The van der Waals surface area contributed by atoms with Gasteiger partial charge in [0.15, 0.2) is 5.11 Å². The third kappa shape index (κ3) is 4.18. The minimum absolute atomic E-state index is 0.0846. The van der Waals surface area contributed by atoms with Crippen molar-refractivity contribution >= 4 is 28.7 Å². The second-order valence-electron chi connectivity index (χ2n) is 4.64. The van der Waals surface area contributed by atoms with Crippen LogP contribution in [0.25, 0.3) is 0 Å². The second-order valence-corrected chi connectivity index (χ2v) is 6.03. The van der Waals surface area contributed by atoms with Gasteiger partial charge in [-0.25, -0.2) is 0 Å². The Labute approximate surface area is 129 Å². The average Bonchev–Trinajstić information content (AvgIpc) is 2.97. The molecule has 0 aliphatic rings. The van der Waals surface area contributed by atoms with Crippen molar-refractivity contribution in [2.45, 2.75) is 13.0 Å². The van der Waals surface area contributed by atoms with Gasteiger partial charge in [0.1, 0.15) is 0 Å². The number of hydrogen-bond acceptors (Lipinski definition) is 2. The van der Waals surface area contributed by atoms with Crippen molar-refractivity contribution in [2.75, 3.05) is 6.54 Å². The summed E-state index contributed by atoms with van der Waals surface area (Å²) < 4.78 is 0. The lowest BCUT2D eigenvalue weighted by Gasteiger charge is -2.20. The number of benzene rings is 1. The van der Waals surface area contributed by atoms with Gasteiger partial charge in [0.05, 0.1) is 6.04 Å². The molecule has 1 aromatic heterocycles. The van der Waals surface area contributed by atoms with Crippen LogP contribution in [0, 0.1) is 0 Å². The van der Waals surface area contributed by atoms with Gasteiger partial charge in [0.2, 0.25) is 0 Å². The number of rotatable bonds is 5. The summed E-state index contributed by atoms with van der Waals surface area (Å²) in [5, 5.41) is 9.28. The molecule has 0 unspecified atom stereocenters. The van der Waals surface area contributed by atoms with E-state index < -0.39 is 0 Å². The van der Waals surface area contributed by atoms with E-state index in [1.165, 1.54) is 10.4 Å². The Bertz CT molecular complexity index is 561. The van der Waals surface area contributed by atoms with E-state index in [-0.39, 0.29) is 6.04 Å². The van der Waals surface area contributed by atoms with E-state index >= 15 is 0 Å². The Morgan fingerprint density at radius 3 is 2.60 bits per heavy atom. The van der Waals surface area contributed by atoms with Crippen LogP contribution in [-0.4, -0.2) is 11.7 Å². The van der Waals surface area contributed by atoms with Gasteiger partial charge >= 0.3 is 0 Å². The fraction of sp³-hybridized carbons (Fsp3) is 0.188. The van der Waals surface area contributed by atoms with Gasteiger partial charge in [-0.1, -0.05) is 48.6 Å². The summed E-state index contributed by atoms with van der Waals surface area (Å²) in [6.45, 7) is 6.53. The fourth-order valence-electron chi connectivity index (χ4n) is 1.83. The first-order valence-electron chi connectivity index (χ1n) is 6.44. The lowest BCUT2D eigenvalue weighted by molar-refractivity contribution is 0.757. The molecule has 2 N–H and O–H groups in total. The molecule has 104 valence electrons. The summed E-state index contributed by atoms with van der Waals surface area (Å²) in [7, 11) is 0. The summed E-state index contributed by atoms with van der Waals surface area (Å²) in [6, 6.07) is 14.6. The molecule has 1 heterocycles. The first-order chi connectivity index (χ1) is 9.66. The molecule has 0 aliphatic heterocycles. The molecular weight excluding hydrogens is 284 g/mol. The van der Waals surface area contributed by atoms with Gasteiger partial charge in [-0.15, -0.1) is 11.3 Å². The van der Waals surface area contributed by atoms with Crippen LogP contribution in [0.1, 0.15) is 23.4 Å². The molecule has 1 atom stereocenters. The van der Waals surface area contributed by atoms with Gasteiger partial charge in [0.25, 0.3) is 0 Å². The van der Waals surface area contributed by atoms with Crippen LogP contribution in [0.15, 0.2) is 60.0 Å². The van der Waals surface area contributed by atoms with E-state index in [2.05, 4.69) is 46.9 Å². The monoisotopic (exact) mass is 302 g/mol. The summed E-state index contributed by atoms with van der Waals surface area (Å²) in [4.78, 5) is 1.25. The summed E-state index contributed by atoms with van der Waals surface area (Å²) in [5.74, 6) is 0. The molecular formula is C16H18N2S2. The number of nitrogens with one attached hydrogen (secondary N) is 2. The van der Waals surface area contributed by atoms with Crippen molar-refractivity contribution in [3.8, 4) is 0 Å². The largest absolute Gasteiger partial charge is 0.359 e. The molecule has 0 saturated heterocycles. The highest BCUT2D eigenvalue weighted by Crippen LogP contribution is 2.25. The summed E-state index contributed by atoms with van der Waals surface area (Å²) >= 11 is 7.09. The zero-order valence-corrected chi connectivity index (χ0v) is 13.1. The van der Waals surface area contributed by atoms with Crippen LogP contribution in [-0.2, 0) is 0 Å². The minimum atomic E-state index is 0.0846. The van der Waals surface area contributed by atoms with Crippen molar-refractivity contribution in [2.24, 2.45) is 0 Å². The van der Waals surface area contributed by atoms with Gasteiger partial charge < -0.3 is 10.6 Å². The first-order valence-corrected chi connectivity index (χ1v) is 7.72. The van der Waals surface area contributed by atoms with Crippen LogP contribution >= 0.6 is 23.6 Å². The smallest absolute Gasteiger partial charge is 0.167 e. The van der Waals surface area contributed by atoms with Crippen molar-refractivity contribution < 1.29 is 0 Å². The van der Waals surface area contributed by atoms with Crippen LogP contribution < -0.4 is 10.6 Å². The Morgan fingerprint density at radius 2 is 2.00 bits per heavy atom. The quantitative estimate of drug-likeness (QED) is 0.647. The lowest BCUT2D eigenvalue weighted by Crippen LogP contribution is -2.38. The highest BCUT2D eigenvalue weighted by atomic mass is 32.1. The Kier molecular flexibility index (Phi) is 5.32. The zero-order chi connectivity index (χ0) is 14.4. The number of hydrogen-bond donors (Lipinski definition) is 2. The maximum absolute atomic E-state index is 5.36. The molecule has 0 aliphatic carbocycles. The Hall–Kier alpha value is -1.65. The van der Waals surface area contributed by atoms with E-state index in [9.17, 15) is 0 Å². The maximum Gasteiger partial charge on any atom is 0.167 e. The van der Waals surface area contributed by atoms with E-state index in [1.807, 2.05) is 25.1 Å². The predicted molar refractivity (Wildman–Crippen MR) is 91.2 cm³/mol. The van der Waals surface area contributed by atoms with Crippen molar-refractivity contribution in [1.29, 1.82) is 0 Å². The predicted octanol–water partition coefficient (Wildman–Crippen LogP) is 3.88. The molecule has 0 fully saturated rings. The first kappa shape index (κ1) is 14.8. The maximum atomic E-state index is 5.36. The van der Waals surface area contributed by atoms with Crippen molar-refractivity contribution in [3.05, 3.63) is 70.4 Å². The van der Waals surface area contributed by atoms with E-state index in [1.54, 1.807) is 11.3 Å². The van der Waals surface area contributed by atoms with Crippen molar-refractivity contribution in [3.63, 3.8) is 0 Å². The van der Waals surface area contributed by atoms with E-state index in [0.29, 0.717) is 11.7 Å². The third-order valence-electron chi connectivity index (χ3n) is 2.79. The van der Waals surface area contributed by atoms with Crippen LogP contribution in [0.4, 0.5) is 0 Å². The fourth-order valence-corrected chi connectivity index (χ4v) is 2.83. The zero-order valence-electron chi connectivity index (χ0n) is 11.4. The molecule has 20 heavy (non-hydrogen) atoms. The highest BCUT2D eigenvalue weighted by molar-refractivity contribution is 7.80. The lowest BCUT2D eigenvalue weighted by atomic mass is 10.1. The molecule has 1 aromatic carbocycles. The molecule has 4 heteroatoms. The van der Waals surface area contributed by atoms with Crippen LogP contribution in [0.3, 0.4) is 0 Å². The van der Waals surface area contributed by atoms with Gasteiger partial charge in [0, 0.05) is 11.4 Å². The van der Waals surface area contributed by atoms with E-state index in [0.717, 1.165) is 5.57 Å². The molecule has 0 bridgehead atoms. The second kappa shape index (κ2) is 7.22. The number of thiophene rings is 1. The highest BCUT2D eigenvalue weighted by Gasteiger charge is 2.15. The van der Waals surface area contributed by atoms with Crippen LogP contribution in [0.5, 0.6) is 0 Å². The average molecular weight is 302 g/mol.